The van der Waals surface area contributed by atoms with E-state index in [9.17, 15) is 0 Å². The first-order chi connectivity index (χ1) is 8.35. The molecule has 17 heavy (non-hydrogen) atoms. The van der Waals surface area contributed by atoms with E-state index < -0.39 is 0 Å². The molecule has 0 aliphatic rings. The van der Waals surface area contributed by atoms with Crippen molar-refractivity contribution in [2.24, 2.45) is 0 Å². The molecule has 0 aliphatic heterocycles. The van der Waals surface area contributed by atoms with Gasteiger partial charge in [-0.3, -0.25) is 0 Å². The van der Waals surface area contributed by atoms with Crippen molar-refractivity contribution in [1.29, 1.82) is 0 Å². The van der Waals surface area contributed by atoms with E-state index >= 15 is 0 Å². The smallest absolute Gasteiger partial charge is 0.133 e. The summed E-state index contributed by atoms with van der Waals surface area (Å²) >= 11 is 0. The molecule has 0 saturated heterocycles. The zero-order valence-electron chi connectivity index (χ0n) is 10.4. The topological polar surface area (TPSA) is 25.2 Å². The lowest BCUT2D eigenvalue weighted by atomic mass is 10.0. The number of nitrogens with one attached hydrogen (secondary N) is 1. The molecular formula is C15H19NO. The number of hydrogen-bond acceptors (Lipinski definition) is 2. The minimum Gasteiger partial charge on any atom is -0.464 e. The van der Waals surface area contributed by atoms with Crippen LogP contribution in [0, 0.1) is 0 Å². The molecule has 1 atom stereocenters. The zero-order chi connectivity index (χ0) is 12.1. The Labute approximate surface area is 103 Å². The van der Waals surface area contributed by atoms with Crippen LogP contribution in [0.25, 0.3) is 11.3 Å². The fourth-order valence-corrected chi connectivity index (χ4v) is 2.07. The summed E-state index contributed by atoms with van der Waals surface area (Å²) in [5.41, 5.74) is 2.47. The Balaban J connectivity index is 2.17. The zero-order valence-corrected chi connectivity index (χ0v) is 10.4. The Morgan fingerprint density at radius 3 is 2.41 bits per heavy atom. The van der Waals surface area contributed by atoms with Gasteiger partial charge in [-0.2, -0.15) is 0 Å². The van der Waals surface area contributed by atoms with Gasteiger partial charge < -0.3 is 9.73 Å². The van der Waals surface area contributed by atoms with Crippen molar-refractivity contribution in [2.45, 2.75) is 26.3 Å². The summed E-state index contributed by atoms with van der Waals surface area (Å²) < 4.78 is 5.38. The van der Waals surface area contributed by atoms with Crippen LogP contribution in [0.1, 0.15) is 31.9 Å². The van der Waals surface area contributed by atoms with Gasteiger partial charge in [0.15, 0.2) is 0 Å². The third-order valence-corrected chi connectivity index (χ3v) is 2.98. The van der Waals surface area contributed by atoms with Gasteiger partial charge in [0.1, 0.15) is 5.76 Å². The molecule has 0 spiro atoms. The average Bonchev–Trinajstić information content (AvgIpc) is 2.90. The highest BCUT2D eigenvalue weighted by atomic mass is 16.3. The van der Waals surface area contributed by atoms with Crippen molar-refractivity contribution >= 4 is 0 Å². The second kappa shape index (κ2) is 5.69. The molecule has 1 aromatic carbocycles. The standard InChI is InChI=1S/C15H19NO/c1-3-14(16-4-2)12-7-9-13(10-8-12)15-6-5-11-17-15/h5-11,14,16H,3-4H2,1-2H3. The van der Waals surface area contributed by atoms with Crippen LogP contribution in [0.2, 0.25) is 0 Å². The van der Waals surface area contributed by atoms with Crippen LogP contribution in [0.5, 0.6) is 0 Å². The predicted octanol–water partition coefficient (Wildman–Crippen LogP) is 4.01. The first-order valence-corrected chi connectivity index (χ1v) is 6.22. The Hall–Kier alpha value is -1.54. The molecule has 2 nitrogen and oxygen atoms in total. The van der Waals surface area contributed by atoms with Crippen molar-refractivity contribution in [1.82, 2.24) is 5.32 Å². The molecule has 0 aliphatic carbocycles. The summed E-state index contributed by atoms with van der Waals surface area (Å²) in [4.78, 5) is 0. The van der Waals surface area contributed by atoms with Crippen LogP contribution < -0.4 is 5.32 Å². The van der Waals surface area contributed by atoms with Crippen LogP contribution in [0.4, 0.5) is 0 Å². The van der Waals surface area contributed by atoms with Gasteiger partial charge in [0.05, 0.1) is 6.26 Å². The van der Waals surface area contributed by atoms with E-state index in [1.807, 2.05) is 12.1 Å². The SMILES string of the molecule is CCNC(CC)c1ccc(-c2ccco2)cc1. The van der Waals surface area contributed by atoms with Gasteiger partial charge >= 0.3 is 0 Å². The van der Waals surface area contributed by atoms with Crippen LogP contribution in [-0.4, -0.2) is 6.54 Å². The molecule has 90 valence electrons. The van der Waals surface area contributed by atoms with Gasteiger partial charge in [-0.15, -0.1) is 0 Å². The van der Waals surface area contributed by atoms with Crippen LogP contribution in [-0.2, 0) is 0 Å². The Kier molecular flexibility index (Phi) is 3.99. The highest BCUT2D eigenvalue weighted by Crippen LogP contribution is 2.23. The summed E-state index contributed by atoms with van der Waals surface area (Å²) in [7, 11) is 0. The quantitative estimate of drug-likeness (QED) is 0.838. The molecule has 2 aromatic rings. The molecular weight excluding hydrogens is 210 g/mol. The summed E-state index contributed by atoms with van der Waals surface area (Å²) in [6.07, 6.45) is 2.81. The normalized spacial score (nSPS) is 12.6. The molecule has 2 heteroatoms. The molecule has 0 fully saturated rings. The average molecular weight is 229 g/mol. The molecule has 1 aromatic heterocycles. The summed E-state index contributed by atoms with van der Waals surface area (Å²) in [6.45, 7) is 5.34. The molecule has 0 bridgehead atoms. The maximum Gasteiger partial charge on any atom is 0.133 e. The van der Waals surface area contributed by atoms with Gasteiger partial charge in [0, 0.05) is 11.6 Å². The fourth-order valence-electron chi connectivity index (χ4n) is 2.07. The number of rotatable bonds is 5. The first kappa shape index (κ1) is 11.9. The van der Waals surface area contributed by atoms with E-state index in [-0.39, 0.29) is 0 Å². The molecule has 2 rings (SSSR count). The van der Waals surface area contributed by atoms with E-state index in [4.69, 9.17) is 4.42 Å². The maximum absolute atomic E-state index is 5.38. The monoisotopic (exact) mass is 229 g/mol. The molecule has 1 N–H and O–H groups in total. The predicted molar refractivity (Wildman–Crippen MR) is 70.9 cm³/mol. The molecule has 1 heterocycles. The minimum absolute atomic E-state index is 0.450. The van der Waals surface area contributed by atoms with E-state index in [0.29, 0.717) is 6.04 Å². The van der Waals surface area contributed by atoms with E-state index in [0.717, 1.165) is 24.3 Å². The fraction of sp³-hybridized carbons (Fsp3) is 0.333. The van der Waals surface area contributed by atoms with Crippen molar-refractivity contribution in [2.75, 3.05) is 6.54 Å². The highest BCUT2D eigenvalue weighted by Gasteiger charge is 2.08. The largest absolute Gasteiger partial charge is 0.464 e. The number of hydrogen-bond donors (Lipinski definition) is 1. The molecule has 1 unspecified atom stereocenters. The Bertz CT molecular complexity index is 430. The van der Waals surface area contributed by atoms with Gasteiger partial charge in [-0.1, -0.05) is 38.1 Å². The van der Waals surface area contributed by atoms with E-state index in [2.05, 4.69) is 43.4 Å². The van der Waals surface area contributed by atoms with Crippen LogP contribution in [0.15, 0.2) is 47.1 Å². The van der Waals surface area contributed by atoms with Gasteiger partial charge in [0.2, 0.25) is 0 Å². The summed E-state index contributed by atoms with van der Waals surface area (Å²) in [6, 6.07) is 12.9. The second-order valence-corrected chi connectivity index (χ2v) is 4.12. The second-order valence-electron chi connectivity index (χ2n) is 4.12. The third kappa shape index (κ3) is 2.77. The molecule has 0 radical (unpaired) electrons. The van der Waals surface area contributed by atoms with Gasteiger partial charge in [-0.25, -0.2) is 0 Å². The molecule has 0 amide bonds. The number of furan rings is 1. The van der Waals surface area contributed by atoms with Gasteiger partial charge in [-0.05, 0) is 30.7 Å². The van der Waals surface area contributed by atoms with Crippen molar-refractivity contribution in [3.8, 4) is 11.3 Å². The summed E-state index contributed by atoms with van der Waals surface area (Å²) in [5, 5.41) is 3.48. The van der Waals surface area contributed by atoms with Crippen LogP contribution in [0.3, 0.4) is 0 Å². The van der Waals surface area contributed by atoms with E-state index in [1.54, 1.807) is 6.26 Å². The minimum atomic E-state index is 0.450. The molecule has 0 saturated carbocycles. The Morgan fingerprint density at radius 2 is 1.88 bits per heavy atom. The lowest BCUT2D eigenvalue weighted by molar-refractivity contribution is 0.537. The van der Waals surface area contributed by atoms with Crippen LogP contribution >= 0.6 is 0 Å². The highest BCUT2D eigenvalue weighted by molar-refractivity contribution is 5.57. The number of benzene rings is 1. The third-order valence-electron chi connectivity index (χ3n) is 2.98. The van der Waals surface area contributed by atoms with Gasteiger partial charge in [0.25, 0.3) is 0 Å². The first-order valence-electron chi connectivity index (χ1n) is 6.22. The lowest BCUT2D eigenvalue weighted by Crippen LogP contribution is -2.19. The van der Waals surface area contributed by atoms with Crippen molar-refractivity contribution in [3.05, 3.63) is 48.2 Å². The van der Waals surface area contributed by atoms with Crippen molar-refractivity contribution in [3.63, 3.8) is 0 Å². The maximum atomic E-state index is 5.38. The Morgan fingerprint density at radius 1 is 1.12 bits per heavy atom. The lowest BCUT2D eigenvalue weighted by Gasteiger charge is -2.16. The summed E-state index contributed by atoms with van der Waals surface area (Å²) in [5.74, 6) is 0.924. The van der Waals surface area contributed by atoms with Crippen molar-refractivity contribution < 1.29 is 4.42 Å². The van der Waals surface area contributed by atoms with E-state index in [1.165, 1.54) is 5.56 Å².